The van der Waals surface area contributed by atoms with E-state index in [9.17, 15) is 4.79 Å². The summed E-state index contributed by atoms with van der Waals surface area (Å²) in [7, 11) is 0. The molecule has 2 N–H and O–H groups in total. The number of piperidine rings is 1. The number of nitrogens with zero attached hydrogens (tertiary/aromatic N) is 4. The van der Waals surface area contributed by atoms with Gasteiger partial charge in [0.05, 0.1) is 0 Å². The van der Waals surface area contributed by atoms with E-state index in [0.717, 1.165) is 55.3 Å². The van der Waals surface area contributed by atoms with Crippen LogP contribution in [0.25, 0.3) is 12.2 Å². The molecule has 2 aliphatic heterocycles. The van der Waals surface area contributed by atoms with Gasteiger partial charge in [-0.25, -0.2) is 4.98 Å². The number of hydrogen-bond acceptors (Lipinski definition) is 5. The van der Waals surface area contributed by atoms with Crippen LogP contribution in [0, 0.1) is 11.3 Å². The van der Waals surface area contributed by atoms with E-state index >= 15 is 0 Å². The molecule has 220 valence electrons. The number of benzene rings is 2. The second-order valence-electron chi connectivity index (χ2n) is 12.2. The predicted molar refractivity (Wildman–Crippen MR) is 168 cm³/mol. The van der Waals surface area contributed by atoms with Crippen LogP contribution < -0.4 is 10.6 Å². The Morgan fingerprint density at radius 3 is 2.62 bits per heavy atom. The SMILES string of the molecule is O=C(N/C(=C\c1ccc(Cl)cc1)CCN1CCC(Cn2cncn2)(C2CCCCC2)CC1)C1=Cc2ccccc2CN1. The summed E-state index contributed by atoms with van der Waals surface area (Å²) >= 11 is 6.14. The summed E-state index contributed by atoms with van der Waals surface area (Å²) in [5.41, 5.74) is 5.11. The fraction of sp³-hybridized carbons (Fsp3) is 0.441. The Morgan fingerprint density at radius 2 is 1.86 bits per heavy atom. The highest BCUT2D eigenvalue weighted by atomic mass is 35.5. The zero-order valence-electron chi connectivity index (χ0n) is 24.3. The molecule has 3 aromatic rings. The molecule has 1 saturated carbocycles. The first-order valence-electron chi connectivity index (χ1n) is 15.4. The van der Waals surface area contributed by atoms with E-state index in [4.69, 9.17) is 11.6 Å². The zero-order chi connectivity index (χ0) is 28.8. The van der Waals surface area contributed by atoms with Crippen molar-refractivity contribution in [2.45, 2.75) is 64.5 Å². The van der Waals surface area contributed by atoms with Gasteiger partial charge in [0.25, 0.3) is 5.91 Å². The maximum Gasteiger partial charge on any atom is 0.271 e. The topological polar surface area (TPSA) is 75.1 Å². The second-order valence-corrected chi connectivity index (χ2v) is 12.6. The Balaban J connectivity index is 1.13. The number of carbonyl (C=O) groups is 1. The average Bonchev–Trinajstić information content (AvgIpc) is 3.54. The molecule has 1 saturated heterocycles. The molecule has 7 nitrogen and oxygen atoms in total. The van der Waals surface area contributed by atoms with Crippen molar-refractivity contribution < 1.29 is 4.79 Å². The van der Waals surface area contributed by atoms with Crippen molar-refractivity contribution in [1.82, 2.24) is 30.3 Å². The van der Waals surface area contributed by atoms with Gasteiger partial charge in [-0.05, 0) is 91.1 Å². The maximum atomic E-state index is 13.4. The van der Waals surface area contributed by atoms with Crippen molar-refractivity contribution in [3.63, 3.8) is 0 Å². The number of fused-ring (bicyclic) bond motifs is 1. The van der Waals surface area contributed by atoms with E-state index in [-0.39, 0.29) is 11.3 Å². The number of halogens is 1. The van der Waals surface area contributed by atoms with E-state index < -0.39 is 0 Å². The first-order chi connectivity index (χ1) is 20.6. The lowest BCUT2D eigenvalue weighted by atomic mass is 9.63. The molecule has 6 rings (SSSR count). The molecular weight excluding hydrogens is 544 g/mol. The Kier molecular flexibility index (Phi) is 9.06. The van der Waals surface area contributed by atoms with Crippen molar-refractivity contribution in [2.24, 2.45) is 11.3 Å². The van der Waals surface area contributed by atoms with Gasteiger partial charge in [0.15, 0.2) is 0 Å². The van der Waals surface area contributed by atoms with Gasteiger partial charge >= 0.3 is 0 Å². The van der Waals surface area contributed by atoms with Crippen LogP contribution in [0.1, 0.15) is 68.1 Å². The molecule has 0 unspecified atom stereocenters. The summed E-state index contributed by atoms with van der Waals surface area (Å²) in [4.78, 5) is 20.2. The Hall–Kier alpha value is -3.42. The van der Waals surface area contributed by atoms with Crippen molar-refractivity contribution >= 4 is 29.7 Å². The van der Waals surface area contributed by atoms with Crippen LogP contribution in [0.3, 0.4) is 0 Å². The third-order valence-electron chi connectivity index (χ3n) is 9.52. The van der Waals surface area contributed by atoms with Crippen LogP contribution in [0.2, 0.25) is 5.02 Å². The molecule has 3 heterocycles. The highest BCUT2D eigenvalue weighted by Gasteiger charge is 2.42. The highest BCUT2D eigenvalue weighted by molar-refractivity contribution is 6.30. The van der Waals surface area contributed by atoms with Gasteiger partial charge in [-0.1, -0.05) is 67.3 Å². The number of nitrogens with one attached hydrogen (secondary N) is 2. The highest BCUT2D eigenvalue weighted by Crippen LogP contribution is 2.47. The molecule has 42 heavy (non-hydrogen) atoms. The Morgan fingerprint density at radius 1 is 1.07 bits per heavy atom. The molecule has 0 atom stereocenters. The Labute approximate surface area is 254 Å². The second kappa shape index (κ2) is 13.3. The van der Waals surface area contributed by atoms with Crippen LogP contribution in [-0.2, 0) is 17.9 Å². The van der Waals surface area contributed by atoms with Crippen molar-refractivity contribution in [3.05, 3.63) is 94.3 Å². The van der Waals surface area contributed by atoms with Gasteiger partial charge in [0.1, 0.15) is 18.4 Å². The zero-order valence-corrected chi connectivity index (χ0v) is 25.0. The third-order valence-corrected chi connectivity index (χ3v) is 9.77. The molecule has 2 aromatic carbocycles. The van der Waals surface area contributed by atoms with Gasteiger partial charge in [0.2, 0.25) is 0 Å². The molecule has 0 bridgehead atoms. The fourth-order valence-electron chi connectivity index (χ4n) is 7.07. The monoisotopic (exact) mass is 584 g/mol. The molecule has 8 heteroatoms. The standard InChI is InChI=1S/C34H41ClN6O/c35-30-12-10-26(11-13-30)20-31(39-33(42)32-21-27-6-4-5-7-28(27)22-37-32)14-17-40-18-15-34(16-19-40,23-41-25-36-24-38-41)29-8-2-1-3-9-29/h4-7,10-13,20-21,24-25,29,37H,1-3,8-9,14-19,22-23H2,(H,39,42)/b31-20-. The molecule has 1 aliphatic carbocycles. The van der Waals surface area contributed by atoms with Gasteiger partial charge < -0.3 is 15.5 Å². The van der Waals surface area contributed by atoms with E-state index in [0.29, 0.717) is 17.3 Å². The number of rotatable bonds is 9. The molecule has 0 spiro atoms. The number of amides is 1. The smallest absolute Gasteiger partial charge is 0.271 e. The first-order valence-corrected chi connectivity index (χ1v) is 15.8. The Bertz CT molecular complexity index is 1400. The minimum atomic E-state index is -0.104. The summed E-state index contributed by atoms with van der Waals surface area (Å²) in [5, 5.41) is 11.7. The van der Waals surface area contributed by atoms with Crippen LogP contribution in [0.5, 0.6) is 0 Å². The number of hydrogen-bond donors (Lipinski definition) is 2. The molecule has 1 amide bonds. The third kappa shape index (κ3) is 6.96. The van der Waals surface area contributed by atoms with Gasteiger partial charge in [-0.15, -0.1) is 0 Å². The molecule has 2 fully saturated rings. The number of carbonyl (C=O) groups excluding carboxylic acids is 1. The summed E-state index contributed by atoms with van der Waals surface area (Å²) in [6, 6.07) is 15.9. The summed E-state index contributed by atoms with van der Waals surface area (Å²) in [5.74, 6) is 0.658. The van der Waals surface area contributed by atoms with Crippen LogP contribution in [0.4, 0.5) is 0 Å². The quantitative estimate of drug-likeness (QED) is 0.309. The van der Waals surface area contributed by atoms with E-state index in [1.54, 1.807) is 6.33 Å². The van der Waals surface area contributed by atoms with E-state index in [2.05, 4.69) is 48.5 Å². The normalized spacial score (nSPS) is 19.5. The van der Waals surface area contributed by atoms with Gasteiger partial charge in [0, 0.05) is 36.8 Å². The summed E-state index contributed by atoms with van der Waals surface area (Å²) in [6.07, 6.45) is 17.4. The van der Waals surface area contributed by atoms with Crippen LogP contribution >= 0.6 is 11.6 Å². The minimum Gasteiger partial charge on any atom is -0.376 e. The number of aromatic nitrogens is 3. The van der Waals surface area contributed by atoms with E-state index in [1.165, 1.54) is 50.5 Å². The van der Waals surface area contributed by atoms with Crippen molar-refractivity contribution in [3.8, 4) is 0 Å². The van der Waals surface area contributed by atoms with Gasteiger partial charge in [-0.2, -0.15) is 5.10 Å². The average molecular weight is 585 g/mol. The molecular formula is C34H41ClN6O. The molecule has 3 aliphatic rings. The van der Waals surface area contributed by atoms with Crippen LogP contribution in [0.15, 0.2) is 72.6 Å². The first kappa shape index (κ1) is 28.7. The maximum absolute atomic E-state index is 13.4. The van der Waals surface area contributed by atoms with Crippen LogP contribution in [-0.4, -0.2) is 45.2 Å². The van der Waals surface area contributed by atoms with Crippen molar-refractivity contribution in [1.29, 1.82) is 0 Å². The van der Waals surface area contributed by atoms with E-state index in [1.807, 2.05) is 48.8 Å². The van der Waals surface area contributed by atoms with Crippen molar-refractivity contribution in [2.75, 3.05) is 19.6 Å². The lowest BCUT2D eigenvalue weighted by molar-refractivity contribution is -0.117. The minimum absolute atomic E-state index is 0.104. The predicted octanol–water partition coefficient (Wildman–Crippen LogP) is 6.29. The molecule has 0 radical (unpaired) electrons. The largest absolute Gasteiger partial charge is 0.376 e. The summed E-state index contributed by atoms with van der Waals surface area (Å²) < 4.78 is 2.05. The van der Waals surface area contributed by atoms with Gasteiger partial charge in [-0.3, -0.25) is 9.48 Å². The lowest BCUT2D eigenvalue weighted by Crippen LogP contribution is -2.47. The molecule has 1 aromatic heterocycles. The lowest BCUT2D eigenvalue weighted by Gasteiger charge is -2.48. The number of likely N-dealkylation sites (tertiary alicyclic amines) is 1. The summed E-state index contributed by atoms with van der Waals surface area (Å²) in [6.45, 7) is 4.65. The fourth-order valence-corrected chi connectivity index (χ4v) is 7.20.